The van der Waals surface area contributed by atoms with Crippen LogP contribution in [0.25, 0.3) is 0 Å². The SMILES string of the molecule is CN(C1CNC1)S(=O)(=O)CC1CCCCC1. The first-order valence-corrected chi connectivity index (χ1v) is 7.87. The highest BCUT2D eigenvalue weighted by Crippen LogP contribution is 2.26. The lowest BCUT2D eigenvalue weighted by molar-refractivity contribution is 0.270. The van der Waals surface area contributed by atoms with Gasteiger partial charge in [0.05, 0.1) is 5.75 Å². The van der Waals surface area contributed by atoms with E-state index in [4.69, 9.17) is 0 Å². The minimum absolute atomic E-state index is 0.189. The van der Waals surface area contributed by atoms with Gasteiger partial charge >= 0.3 is 0 Å². The summed E-state index contributed by atoms with van der Waals surface area (Å²) < 4.78 is 25.8. The van der Waals surface area contributed by atoms with E-state index >= 15 is 0 Å². The van der Waals surface area contributed by atoms with Crippen molar-refractivity contribution in [2.24, 2.45) is 5.92 Å². The van der Waals surface area contributed by atoms with Gasteiger partial charge in [0.25, 0.3) is 0 Å². The van der Waals surface area contributed by atoms with Crippen molar-refractivity contribution in [3.05, 3.63) is 0 Å². The molecule has 1 heterocycles. The zero-order valence-electron chi connectivity index (χ0n) is 9.98. The lowest BCUT2D eigenvalue weighted by Gasteiger charge is -2.35. The van der Waals surface area contributed by atoms with Crippen LogP contribution in [0.5, 0.6) is 0 Å². The molecule has 0 bridgehead atoms. The maximum Gasteiger partial charge on any atom is 0.214 e. The molecule has 0 amide bonds. The Kier molecular flexibility index (Phi) is 3.87. The number of sulfonamides is 1. The molecule has 2 aliphatic rings. The molecule has 2 rings (SSSR count). The number of nitrogens with one attached hydrogen (secondary N) is 1. The largest absolute Gasteiger partial charge is 0.313 e. The van der Waals surface area contributed by atoms with Crippen molar-refractivity contribution in [3.8, 4) is 0 Å². The number of hydrogen-bond acceptors (Lipinski definition) is 3. The van der Waals surface area contributed by atoms with E-state index in [1.54, 1.807) is 11.4 Å². The smallest absolute Gasteiger partial charge is 0.214 e. The minimum Gasteiger partial charge on any atom is -0.313 e. The van der Waals surface area contributed by atoms with Gasteiger partial charge in [0, 0.05) is 26.2 Å². The first kappa shape index (κ1) is 12.3. The predicted molar refractivity (Wildman–Crippen MR) is 64.8 cm³/mol. The molecule has 4 nitrogen and oxygen atoms in total. The summed E-state index contributed by atoms with van der Waals surface area (Å²) in [7, 11) is -1.30. The number of likely N-dealkylation sites (N-methyl/N-ethyl adjacent to an activating group) is 1. The molecule has 16 heavy (non-hydrogen) atoms. The molecule has 0 radical (unpaired) electrons. The molecule has 0 aromatic carbocycles. The van der Waals surface area contributed by atoms with Gasteiger partial charge in [0.15, 0.2) is 0 Å². The molecule has 0 aromatic heterocycles. The first-order chi connectivity index (χ1) is 7.59. The molecule has 1 aliphatic carbocycles. The van der Waals surface area contributed by atoms with E-state index in [-0.39, 0.29) is 6.04 Å². The van der Waals surface area contributed by atoms with Gasteiger partial charge in [-0.1, -0.05) is 19.3 Å². The van der Waals surface area contributed by atoms with Gasteiger partial charge < -0.3 is 5.32 Å². The Hall–Kier alpha value is -0.130. The quantitative estimate of drug-likeness (QED) is 0.798. The Bertz CT molecular complexity index is 319. The zero-order chi connectivity index (χ0) is 11.6. The molecule has 0 spiro atoms. The van der Waals surface area contributed by atoms with Crippen LogP contribution < -0.4 is 5.32 Å². The van der Waals surface area contributed by atoms with Crippen LogP contribution in [-0.4, -0.2) is 44.7 Å². The fraction of sp³-hybridized carbons (Fsp3) is 1.00. The second kappa shape index (κ2) is 5.02. The Labute approximate surface area is 98.4 Å². The minimum atomic E-state index is -3.03. The molecule has 5 heteroatoms. The summed E-state index contributed by atoms with van der Waals surface area (Å²) in [5, 5.41) is 3.11. The normalized spacial score (nSPS) is 24.6. The summed E-state index contributed by atoms with van der Waals surface area (Å²) in [4.78, 5) is 0. The molecular formula is C11H22N2O2S. The highest BCUT2D eigenvalue weighted by Gasteiger charge is 2.32. The van der Waals surface area contributed by atoms with Gasteiger partial charge in [-0.25, -0.2) is 8.42 Å². The van der Waals surface area contributed by atoms with Crippen molar-refractivity contribution >= 4 is 10.0 Å². The van der Waals surface area contributed by atoms with E-state index in [0.29, 0.717) is 11.7 Å². The Morgan fingerprint density at radius 2 is 1.81 bits per heavy atom. The van der Waals surface area contributed by atoms with Gasteiger partial charge in [-0.2, -0.15) is 4.31 Å². The molecular weight excluding hydrogens is 224 g/mol. The molecule has 0 unspecified atom stereocenters. The second-order valence-electron chi connectivity index (χ2n) is 5.11. The van der Waals surface area contributed by atoms with Crippen LogP contribution in [0, 0.1) is 5.92 Å². The van der Waals surface area contributed by atoms with E-state index in [1.807, 2.05) is 0 Å². The van der Waals surface area contributed by atoms with E-state index in [9.17, 15) is 8.42 Å². The van der Waals surface area contributed by atoms with Gasteiger partial charge in [-0.15, -0.1) is 0 Å². The fourth-order valence-electron chi connectivity index (χ4n) is 2.53. The fourth-order valence-corrected chi connectivity index (χ4v) is 4.29. The molecule has 2 fully saturated rings. The Balaban J connectivity index is 1.90. The van der Waals surface area contributed by atoms with Crippen molar-refractivity contribution in [2.45, 2.75) is 38.1 Å². The topological polar surface area (TPSA) is 49.4 Å². The van der Waals surface area contributed by atoms with E-state index in [2.05, 4.69) is 5.32 Å². The van der Waals surface area contributed by atoms with Crippen LogP contribution in [0.1, 0.15) is 32.1 Å². The summed E-state index contributed by atoms with van der Waals surface area (Å²) in [6, 6.07) is 0.189. The highest BCUT2D eigenvalue weighted by atomic mass is 32.2. The van der Waals surface area contributed by atoms with Gasteiger partial charge in [-0.3, -0.25) is 0 Å². The van der Waals surface area contributed by atoms with Crippen molar-refractivity contribution < 1.29 is 8.42 Å². The van der Waals surface area contributed by atoms with Gasteiger partial charge in [-0.05, 0) is 18.8 Å². The lowest BCUT2D eigenvalue weighted by atomic mass is 9.91. The third kappa shape index (κ3) is 2.76. The summed E-state index contributed by atoms with van der Waals surface area (Å²) in [6.45, 7) is 1.61. The maximum atomic E-state index is 12.1. The van der Waals surface area contributed by atoms with Gasteiger partial charge in [0.1, 0.15) is 0 Å². The maximum absolute atomic E-state index is 12.1. The molecule has 1 N–H and O–H groups in total. The molecule has 1 aliphatic heterocycles. The average Bonchev–Trinajstić information content (AvgIpc) is 2.15. The zero-order valence-corrected chi connectivity index (χ0v) is 10.8. The standard InChI is InChI=1S/C11H22N2O2S/c1-13(11-7-12-8-11)16(14,15)9-10-5-3-2-4-6-10/h10-12H,2-9H2,1H3. The second-order valence-corrected chi connectivity index (χ2v) is 7.18. The summed E-state index contributed by atoms with van der Waals surface area (Å²) in [5.74, 6) is 0.759. The number of nitrogens with zero attached hydrogens (tertiary/aromatic N) is 1. The Morgan fingerprint density at radius 1 is 1.19 bits per heavy atom. The monoisotopic (exact) mass is 246 g/mol. The van der Waals surface area contributed by atoms with Crippen LogP contribution in [0.15, 0.2) is 0 Å². The van der Waals surface area contributed by atoms with Crippen molar-refractivity contribution in [2.75, 3.05) is 25.9 Å². The summed E-state index contributed by atoms with van der Waals surface area (Å²) in [5.41, 5.74) is 0. The third-order valence-electron chi connectivity index (χ3n) is 3.88. The summed E-state index contributed by atoms with van der Waals surface area (Å²) in [6.07, 6.45) is 5.87. The van der Waals surface area contributed by atoms with E-state index in [1.165, 1.54) is 19.3 Å². The third-order valence-corrected chi connectivity index (χ3v) is 5.95. The van der Waals surface area contributed by atoms with Crippen LogP contribution in [-0.2, 0) is 10.0 Å². The van der Waals surface area contributed by atoms with Crippen LogP contribution in [0.4, 0.5) is 0 Å². The molecule has 0 aromatic rings. The van der Waals surface area contributed by atoms with Crippen LogP contribution in [0.2, 0.25) is 0 Å². The average molecular weight is 246 g/mol. The lowest BCUT2D eigenvalue weighted by Crippen LogP contribution is -2.58. The van der Waals surface area contributed by atoms with E-state index in [0.717, 1.165) is 25.9 Å². The van der Waals surface area contributed by atoms with Crippen LogP contribution >= 0.6 is 0 Å². The van der Waals surface area contributed by atoms with Crippen molar-refractivity contribution in [3.63, 3.8) is 0 Å². The van der Waals surface area contributed by atoms with Crippen molar-refractivity contribution in [1.82, 2.24) is 9.62 Å². The molecule has 1 saturated carbocycles. The molecule has 1 saturated heterocycles. The molecule has 94 valence electrons. The van der Waals surface area contributed by atoms with Crippen molar-refractivity contribution in [1.29, 1.82) is 0 Å². The number of rotatable bonds is 4. The highest BCUT2D eigenvalue weighted by molar-refractivity contribution is 7.89. The number of hydrogen-bond donors (Lipinski definition) is 1. The Morgan fingerprint density at radius 3 is 2.31 bits per heavy atom. The van der Waals surface area contributed by atoms with Gasteiger partial charge in [0.2, 0.25) is 10.0 Å². The predicted octanol–water partition coefficient (Wildman–Crippen LogP) is 0.800. The molecule has 0 atom stereocenters. The van der Waals surface area contributed by atoms with E-state index < -0.39 is 10.0 Å². The first-order valence-electron chi connectivity index (χ1n) is 6.26. The van der Waals surface area contributed by atoms with Crippen LogP contribution in [0.3, 0.4) is 0 Å². The summed E-state index contributed by atoms with van der Waals surface area (Å²) >= 11 is 0.